The maximum absolute atomic E-state index is 10.2. The molecule has 0 fully saturated rings. The molecule has 86 valence electrons. The number of nitrogens with two attached hydrogens (primary N) is 6. The van der Waals surface area contributed by atoms with Gasteiger partial charge < -0.3 is 11.5 Å². The van der Waals surface area contributed by atoms with Gasteiger partial charge in [0.25, 0.3) is 0 Å². The summed E-state index contributed by atoms with van der Waals surface area (Å²) in [5.74, 6) is 15.3. The van der Waals surface area contributed by atoms with Crippen molar-refractivity contribution in [2.24, 2.45) is 34.8 Å². The summed E-state index contributed by atoms with van der Waals surface area (Å²) in [7, 11) is 0. The fourth-order valence-corrected chi connectivity index (χ4v) is 0.598. The predicted molar refractivity (Wildman–Crippen MR) is 53.6 cm³/mol. The summed E-state index contributed by atoms with van der Waals surface area (Å²) in [6.45, 7) is 0. The van der Waals surface area contributed by atoms with Gasteiger partial charge in [-0.1, -0.05) is 0 Å². The third kappa shape index (κ3) is 30.9. The molecule has 0 spiro atoms. The summed E-state index contributed by atoms with van der Waals surface area (Å²) in [6.07, 6.45) is 1.98. The minimum atomic E-state index is -0.329. The second-order valence-electron chi connectivity index (χ2n) is 2.14. The average Bonchev–Trinajstić information content (AvgIpc) is 2.18. The molecule has 0 aromatic rings. The molecule has 0 aliphatic carbocycles. The smallest absolute Gasteiger partial charge is 0.217 e. The van der Waals surface area contributed by atoms with Crippen molar-refractivity contribution < 1.29 is 9.59 Å². The van der Waals surface area contributed by atoms with Gasteiger partial charge in [0.05, 0.1) is 0 Å². The SMILES string of the molecule is NC(=O)CCCCC(N)=O.NN.NN. The summed E-state index contributed by atoms with van der Waals surface area (Å²) < 4.78 is 0. The van der Waals surface area contributed by atoms with Crippen LogP contribution in [0.3, 0.4) is 0 Å². The van der Waals surface area contributed by atoms with Crippen molar-refractivity contribution in [2.75, 3.05) is 0 Å². The largest absolute Gasteiger partial charge is 0.370 e. The summed E-state index contributed by atoms with van der Waals surface area (Å²) >= 11 is 0. The van der Waals surface area contributed by atoms with Crippen LogP contribution in [-0.4, -0.2) is 11.8 Å². The third-order valence-corrected chi connectivity index (χ3v) is 1.10. The zero-order chi connectivity index (χ0) is 12.0. The molecule has 0 aliphatic rings. The van der Waals surface area contributed by atoms with Crippen molar-refractivity contribution in [3.8, 4) is 0 Å². The molecular weight excluding hydrogens is 188 g/mol. The summed E-state index contributed by atoms with van der Waals surface area (Å²) in [4.78, 5) is 20.3. The zero-order valence-corrected chi connectivity index (χ0v) is 8.11. The number of unbranched alkanes of at least 4 members (excludes halogenated alkanes) is 1. The van der Waals surface area contributed by atoms with Crippen LogP contribution < -0.4 is 34.8 Å². The number of carbonyl (C=O) groups excluding carboxylic acids is 2. The lowest BCUT2D eigenvalue weighted by atomic mass is 10.2. The molecule has 0 aromatic heterocycles. The van der Waals surface area contributed by atoms with Crippen molar-refractivity contribution in [2.45, 2.75) is 25.7 Å². The lowest BCUT2D eigenvalue weighted by molar-refractivity contribution is -0.119. The lowest BCUT2D eigenvalue weighted by Crippen LogP contribution is -2.12. The van der Waals surface area contributed by atoms with Gasteiger partial charge in [0.1, 0.15) is 0 Å². The lowest BCUT2D eigenvalue weighted by Gasteiger charge is -1.93. The van der Waals surface area contributed by atoms with E-state index in [2.05, 4.69) is 23.4 Å². The van der Waals surface area contributed by atoms with Crippen LogP contribution in [0.4, 0.5) is 0 Å². The Morgan fingerprint density at radius 2 is 0.929 bits per heavy atom. The van der Waals surface area contributed by atoms with Gasteiger partial charge in [0, 0.05) is 12.8 Å². The van der Waals surface area contributed by atoms with Crippen LogP contribution in [0.5, 0.6) is 0 Å². The van der Waals surface area contributed by atoms with E-state index in [1.165, 1.54) is 0 Å². The number of amides is 2. The van der Waals surface area contributed by atoms with Gasteiger partial charge >= 0.3 is 0 Å². The number of hydrogen-bond donors (Lipinski definition) is 6. The fraction of sp³-hybridized carbons (Fsp3) is 0.667. The molecule has 0 saturated carbocycles. The molecule has 0 saturated heterocycles. The molecule has 12 N–H and O–H groups in total. The highest BCUT2D eigenvalue weighted by Crippen LogP contribution is 1.97. The minimum absolute atomic E-state index is 0.329. The first-order chi connectivity index (χ1) is 6.63. The first-order valence-corrected chi connectivity index (χ1v) is 3.86. The van der Waals surface area contributed by atoms with Gasteiger partial charge in [0.15, 0.2) is 0 Å². The Morgan fingerprint density at radius 3 is 1.07 bits per heavy atom. The molecule has 0 aliphatic heterocycles. The van der Waals surface area contributed by atoms with E-state index in [4.69, 9.17) is 11.5 Å². The van der Waals surface area contributed by atoms with Crippen LogP contribution >= 0.6 is 0 Å². The Hall–Kier alpha value is -1.22. The number of hydrogen-bond acceptors (Lipinski definition) is 6. The van der Waals surface area contributed by atoms with E-state index in [0.717, 1.165) is 0 Å². The number of hydrazine groups is 2. The number of carbonyl (C=O) groups is 2. The highest BCUT2D eigenvalue weighted by molar-refractivity contribution is 5.74. The third-order valence-electron chi connectivity index (χ3n) is 1.10. The maximum Gasteiger partial charge on any atom is 0.217 e. The molecule has 0 unspecified atom stereocenters. The minimum Gasteiger partial charge on any atom is -0.370 e. The molecular formula is C6H20N6O2. The van der Waals surface area contributed by atoms with Crippen LogP contribution in [0, 0.1) is 0 Å². The van der Waals surface area contributed by atoms with Gasteiger partial charge in [-0.25, -0.2) is 0 Å². The standard InChI is InChI=1S/C6H12N2O2.2H4N2/c7-5(9)3-1-2-4-6(8)10;2*1-2/h1-4H2,(H2,7,9)(H2,8,10);2*1-2H2. The van der Waals surface area contributed by atoms with Crippen molar-refractivity contribution in [3.63, 3.8) is 0 Å². The predicted octanol–water partition coefficient (Wildman–Crippen LogP) is -2.84. The molecule has 8 heteroatoms. The van der Waals surface area contributed by atoms with Crippen molar-refractivity contribution in [1.29, 1.82) is 0 Å². The molecule has 0 rings (SSSR count). The highest BCUT2D eigenvalue weighted by Gasteiger charge is 1.96. The van der Waals surface area contributed by atoms with Crippen LogP contribution in [0.25, 0.3) is 0 Å². The van der Waals surface area contributed by atoms with Crippen LogP contribution in [0.2, 0.25) is 0 Å². The van der Waals surface area contributed by atoms with Crippen molar-refractivity contribution >= 4 is 11.8 Å². The van der Waals surface area contributed by atoms with E-state index in [9.17, 15) is 9.59 Å². The second kappa shape index (κ2) is 17.8. The average molecular weight is 208 g/mol. The summed E-state index contributed by atoms with van der Waals surface area (Å²) in [5, 5.41) is 0. The van der Waals surface area contributed by atoms with Gasteiger partial charge in [-0.15, -0.1) is 0 Å². The van der Waals surface area contributed by atoms with Crippen molar-refractivity contribution in [1.82, 2.24) is 0 Å². The molecule has 14 heavy (non-hydrogen) atoms. The van der Waals surface area contributed by atoms with E-state index in [1.807, 2.05) is 0 Å². The summed E-state index contributed by atoms with van der Waals surface area (Å²) in [5.41, 5.74) is 9.71. The van der Waals surface area contributed by atoms with Gasteiger partial charge in [0.2, 0.25) is 11.8 Å². The second-order valence-corrected chi connectivity index (χ2v) is 2.14. The van der Waals surface area contributed by atoms with E-state index >= 15 is 0 Å². The maximum atomic E-state index is 10.2. The van der Waals surface area contributed by atoms with Gasteiger partial charge in [-0.3, -0.25) is 33.0 Å². The molecule has 0 bridgehead atoms. The molecule has 0 atom stereocenters. The molecule has 0 aromatic carbocycles. The first kappa shape index (κ1) is 18.5. The molecule has 0 radical (unpaired) electrons. The van der Waals surface area contributed by atoms with Gasteiger partial charge in [-0.2, -0.15) is 0 Å². The Labute approximate surface area is 82.9 Å². The molecule has 8 nitrogen and oxygen atoms in total. The van der Waals surface area contributed by atoms with Crippen molar-refractivity contribution in [3.05, 3.63) is 0 Å². The van der Waals surface area contributed by atoms with Crippen LogP contribution in [0.1, 0.15) is 25.7 Å². The normalized spacial score (nSPS) is 7.43. The number of primary amides is 2. The summed E-state index contributed by atoms with van der Waals surface area (Å²) in [6, 6.07) is 0. The molecule has 0 heterocycles. The van der Waals surface area contributed by atoms with Crippen LogP contribution in [-0.2, 0) is 9.59 Å². The Morgan fingerprint density at radius 1 is 0.714 bits per heavy atom. The first-order valence-electron chi connectivity index (χ1n) is 3.86. The van der Waals surface area contributed by atoms with E-state index in [0.29, 0.717) is 25.7 Å². The Bertz CT molecular complexity index is 124. The van der Waals surface area contributed by atoms with E-state index < -0.39 is 0 Å². The van der Waals surface area contributed by atoms with E-state index in [-0.39, 0.29) is 11.8 Å². The monoisotopic (exact) mass is 208 g/mol. The fourth-order valence-electron chi connectivity index (χ4n) is 0.598. The van der Waals surface area contributed by atoms with E-state index in [1.54, 1.807) is 0 Å². The molecule has 2 amide bonds. The van der Waals surface area contributed by atoms with Crippen LogP contribution in [0.15, 0.2) is 0 Å². The zero-order valence-electron chi connectivity index (χ0n) is 8.11. The number of rotatable bonds is 5. The quantitative estimate of drug-likeness (QED) is 0.160. The van der Waals surface area contributed by atoms with Gasteiger partial charge in [-0.05, 0) is 12.8 Å². The Balaban J connectivity index is -0.000000266. The Kier molecular flexibility index (Phi) is 23.5. The highest BCUT2D eigenvalue weighted by atomic mass is 16.1. The topological polar surface area (TPSA) is 190 Å².